The largest absolute Gasteiger partial charge is 0.396 e. The highest BCUT2D eigenvalue weighted by molar-refractivity contribution is 5.94. The van der Waals surface area contributed by atoms with Crippen LogP contribution in [0.25, 0.3) is 11.4 Å². The van der Waals surface area contributed by atoms with Gasteiger partial charge in [-0.3, -0.25) is 4.79 Å². The summed E-state index contributed by atoms with van der Waals surface area (Å²) in [6, 6.07) is 5.80. The van der Waals surface area contributed by atoms with Crippen LogP contribution in [0.3, 0.4) is 0 Å². The summed E-state index contributed by atoms with van der Waals surface area (Å²) >= 11 is 0. The van der Waals surface area contributed by atoms with E-state index in [-0.39, 0.29) is 5.91 Å². The van der Waals surface area contributed by atoms with E-state index in [2.05, 4.69) is 15.3 Å². The Morgan fingerprint density at radius 1 is 1.17 bits per heavy atom. The predicted molar refractivity (Wildman–Crippen MR) is 68.8 cm³/mol. The molecule has 0 saturated heterocycles. The van der Waals surface area contributed by atoms with E-state index in [9.17, 15) is 4.79 Å². The number of fused-ring (bicyclic) bond motifs is 1. The van der Waals surface area contributed by atoms with Gasteiger partial charge in [-0.1, -0.05) is 0 Å². The molecule has 1 amide bonds. The number of nitrogen functional groups attached to an aromatic ring is 1. The van der Waals surface area contributed by atoms with Gasteiger partial charge in [-0.25, -0.2) is 9.97 Å². The van der Waals surface area contributed by atoms with Crippen LogP contribution in [0.1, 0.15) is 12.0 Å². The zero-order chi connectivity index (χ0) is 12.5. The minimum atomic E-state index is 0.0685. The Morgan fingerprint density at radius 2 is 1.94 bits per heavy atom. The zero-order valence-corrected chi connectivity index (χ0v) is 9.68. The number of aromatic nitrogens is 2. The molecular formula is C13H12N4O. The average Bonchev–Trinajstić information content (AvgIpc) is 2.39. The van der Waals surface area contributed by atoms with E-state index in [1.807, 2.05) is 18.2 Å². The normalized spacial score (nSPS) is 13.9. The highest BCUT2D eigenvalue weighted by Gasteiger charge is 2.15. The highest BCUT2D eigenvalue weighted by atomic mass is 16.1. The molecule has 1 aromatic heterocycles. The number of hydrogen-bond donors (Lipinski definition) is 2. The first-order valence-corrected chi connectivity index (χ1v) is 5.73. The van der Waals surface area contributed by atoms with Crippen molar-refractivity contribution in [3.8, 4) is 11.4 Å². The SMILES string of the molecule is Nc1cnc(-c2ccc3c(c2)CCC(=O)N3)nc1. The maximum Gasteiger partial charge on any atom is 0.224 e. The molecule has 0 saturated carbocycles. The van der Waals surface area contributed by atoms with Gasteiger partial charge in [0.25, 0.3) is 0 Å². The average molecular weight is 240 g/mol. The molecule has 1 aliphatic rings. The van der Waals surface area contributed by atoms with Gasteiger partial charge in [0, 0.05) is 17.7 Å². The number of nitrogens with zero attached hydrogens (tertiary/aromatic N) is 2. The summed E-state index contributed by atoms with van der Waals surface area (Å²) in [5.41, 5.74) is 9.04. The molecule has 0 radical (unpaired) electrons. The van der Waals surface area contributed by atoms with Gasteiger partial charge >= 0.3 is 0 Å². The lowest BCUT2D eigenvalue weighted by Crippen LogP contribution is -2.18. The summed E-state index contributed by atoms with van der Waals surface area (Å²) in [5, 5.41) is 2.85. The van der Waals surface area contributed by atoms with E-state index in [0.29, 0.717) is 17.9 Å². The van der Waals surface area contributed by atoms with E-state index in [0.717, 1.165) is 23.2 Å². The van der Waals surface area contributed by atoms with E-state index in [1.165, 1.54) is 0 Å². The fourth-order valence-corrected chi connectivity index (χ4v) is 2.01. The molecule has 5 heteroatoms. The monoisotopic (exact) mass is 240 g/mol. The third kappa shape index (κ3) is 1.90. The molecule has 18 heavy (non-hydrogen) atoms. The Morgan fingerprint density at radius 3 is 2.72 bits per heavy atom. The van der Waals surface area contributed by atoms with Crippen molar-refractivity contribution in [1.82, 2.24) is 9.97 Å². The minimum Gasteiger partial charge on any atom is -0.396 e. The number of anilines is 2. The van der Waals surface area contributed by atoms with E-state index in [1.54, 1.807) is 12.4 Å². The molecule has 0 aliphatic carbocycles. The molecule has 2 aromatic rings. The Labute approximate surface area is 104 Å². The first-order chi connectivity index (χ1) is 8.72. The quantitative estimate of drug-likeness (QED) is 0.793. The minimum absolute atomic E-state index is 0.0685. The summed E-state index contributed by atoms with van der Waals surface area (Å²) < 4.78 is 0. The summed E-state index contributed by atoms with van der Waals surface area (Å²) in [6.07, 6.45) is 4.45. The van der Waals surface area contributed by atoms with Crippen LogP contribution in [-0.4, -0.2) is 15.9 Å². The molecule has 2 heterocycles. The van der Waals surface area contributed by atoms with Crippen molar-refractivity contribution in [3.63, 3.8) is 0 Å². The molecule has 1 aliphatic heterocycles. The fraction of sp³-hybridized carbons (Fsp3) is 0.154. The van der Waals surface area contributed by atoms with Crippen LogP contribution < -0.4 is 11.1 Å². The number of nitrogens with two attached hydrogens (primary N) is 1. The third-order valence-corrected chi connectivity index (χ3v) is 2.93. The van der Waals surface area contributed by atoms with Crippen molar-refractivity contribution in [2.75, 3.05) is 11.1 Å². The Bertz CT molecular complexity index is 607. The van der Waals surface area contributed by atoms with Crippen molar-refractivity contribution in [1.29, 1.82) is 0 Å². The molecule has 0 bridgehead atoms. The lowest BCUT2D eigenvalue weighted by molar-refractivity contribution is -0.116. The van der Waals surface area contributed by atoms with Gasteiger partial charge in [-0.15, -0.1) is 0 Å². The molecule has 0 unspecified atom stereocenters. The van der Waals surface area contributed by atoms with Crippen LogP contribution in [-0.2, 0) is 11.2 Å². The molecule has 3 N–H and O–H groups in total. The molecule has 0 fully saturated rings. The zero-order valence-electron chi connectivity index (χ0n) is 9.68. The van der Waals surface area contributed by atoms with Gasteiger partial charge in [0.2, 0.25) is 5.91 Å². The Balaban J connectivity index is 1.99. The number of nitrogens with one attached hydrogen (secondary N) is 1. The maximum atomic E-state index is 11.3. The van der Waals surface area contributed by atoms with Crippen LogP contribution >= 0.6 is 0 Å². The van der Waals surface area contributed by atoms with Crippen molar-refractivity contribution in [3.05, 3.63) is 36.2 Å². The predicted octanol–water partition coefficient (Wildman–Crippen LogP) is 1.61. The van der Waals surface area contributed by atoms with Crippen LogP contribution in [0.2, 0.25) is 0 Å². The van der Waals surface area contributed by atoms with Gasteiger partial charge < -0.3 is 11.1 Å². The summed E-state index contributed by atoms with van der Waals surface area (Å²) in [6.45, 7) is 0. The summed E-state index contributed by atoms with van der Waals surface area (Å²) in [4.78, 5) is 19.6. The topological polar surface area (TPSA) is 80.9 Å². The van der Waals surface area contributed by atoms with Crippen LogP contribution in [0.5, 0.6) is 0 Å². The van der Waals surface area contributed by atoms with Crippen molar-refractivity contribution in [2.45, 2.75) is 12.8 Å². The lowest BCUT2D eigenvalue weighted by Gasteiger charge is -2.17. The van der Waals surface area contributed by atoms with Crippen LogP contribution in [0, 0.1) is 0 Å². The van der Waals surface area contributed by atoms with Crippen LogP contribution in [0.15, 0.2) is 30.6 Å². The molecule has 1 aromatic carbocycles. The number of benzene rings is 1. The van der Waals surface area contributed by atoms with Gasteiger partial charge in [0.15, 0.2) is 5.82 Å². The van der Waals surface area contributed by atoms with E-state index < -0.39 is 0 Å². The highest BCUT2D eigenvalue weighted by Crippen LogP contribution is 2.27. The number of aryl methyl sites for hydroxylation is 1. The Kier molecular flexibility index (Phi) is 2.44. The third-order valence-electron chi connectivity index (χ3n) is 2.93. The summed E-state index contributed by atoms with van der Waals surface area (Å²) in [7, 11) is 0. The van der Waals surface area contributed by atoms with Gasteiger partial charge in [0.1, 0.15) is 0 Å². The second kappa shape index (κ2) is 4.10. The second-order valence-electron chi connectivity index (χ2n) is 4.26. The Hall–Kier alpha value is -2.43. The van der Waals surface area contributed by atoms with Crippen molar-refractivity contribution >= 4 is 17.3 Å². The van der Waals surface area contributed by atoms with Gasteiger partial charge in [-0.2, -0.15) is 0 Å². The first kappa shape index (κ1) is 10.7. The van der Waals surface area contributed by atoms with Gasteiger partial charge in [0.05, 0.1) is 18.1 Å². The van der Waals surface area contributed by atoms with E-state index in [4.69, 9.17) is 5.73 Å². The number of rotatable bonds is 1. The van der Waals surface area contributed by atoms with E-state index >= 15 is 0 Å². The molecular weight excluding hydrogens is 228 g/mol. The first-order valence-electron chi connectivity index (χ1n) is 5.73. The number of hydrogen-bond acceptors (Lipinski definition) is 4. The molecule has 0 spiro atoms. The van der Waals surface area contributed by atoms with Crippen molar-refractivity contribution in [2.24, 2.45) is 0 Å². The van der Waals surface area contributed by atoms with Crippen LogP contribution in [0.4, 0.5) is 11.4 Å². The van der Waals surface area contributed by atoms with Gasteiger partial charge in [-0.05, 0) is 30.2 Å². The number of carbonyl (C=O) groups excluding carboxylic acids is 1. The molecule has 3 rings (SSSR count). The maximum absolute atomic E-state index is 11.3. The molecule has 0 atom stereocenters. The smallest absolute Gasteiger partial charge is 0.224 e. The standard InChI is InChI=1S/C13H12N4O/c14-10-6-15-13(16-7-10)9-1-3-11-8(5-9)2-4-12(18)17-11/h1,3,5-7H,2,4,14H2,(H,17,18). The fourth-order valence-electron chi connectivity index (χ4n) is 2.01. The van der Waals surface area contributed by atoms with Crippen molar-refractivity contribution < 1.29 is 4.79 Å². The number of amides is 1. The summed E-state index contributed by atoms with van der Waals surface area (Å²) in [5.74, 6) is 0.711. The molecule has 90 valence electrons. The number of carbonyl (C=O) groups is 1. The molecule has 5 nitrogen and oxygen atoms in total. The second-order valence-corrected chi connectivity index (χ2v) is 4.26. The lowest BCUT2D eigenvalue weighted by atomic mass is 10.00.